The van der Waals surface area contributed by atoms with E-state index < -0.39 is 11.2 Å². The molecule has 1 aromatic carbocycles. The Labute approximate surface area is 115 Å². The van der Waals surface area contributed by atoms with E-state index >= 15 is 0 Å². The standard InChI is InChI=1S/C14H15NO3S/c1-3-12(14(16)17)19-13-11-5-4-10(18-2)8-9(11)6-7-15-13/h4-8,12H,3H2,1-2H3,(H,16,17). The lowest BCUT2D eigenvalue weighted by Gasteiger charge is -2.11. The third-order valence-electron chi connectivity index (χ3n) is 2.84. The first kappa shape index (κ1) is 13.7. The van der Waals surface area contributed by atoms with Crippen molar-refractivity contribution in [2.24, 2.45) is 0 Å². The molecular formula is C14H15NO3S. The van der Waals surface area contributed by atoms with Crippen molar-refractivity contribution >= 4 is 28.5 Å². The van der Waals surface area contributed by atoms with Gasteiger partial charge in [-0.05, 0) is 36.1 Å². The van der Waals surface area contributed by atoms with E-state index in [9.17, 15) is 4.79 Å². The largest absolute Gasteiger partial charge is 0.497 e. The molecule has 19 heavy (non-hydrogen) atoms. The van der Waals surface area contributed by atoms with Gasteiger partial charge in [-0.15, -0.1) is 0 Å². The summed E-state index contributed by atoms with van der Waals surface area (Å²) >= 11 is 1.29. The van der Waals surface area contributed by atoms with Crippen molar-refractivity contribution in [3.05, 3.63) is 30.5 Å². The average Bonchev–Trinajstić information content (AvgIpc) is 2.43. The number of carboxylic acids is 1. The zero-order chi connectivity index (χ0) is 13.8. The van der Waals surface area contributed by atoms with Crippen molar-refractivity contribution in [2.75, 3.05) is 7.11 Å². The lowest BCUT2D eigenvalue weighted by atomic mass is 10.2. The van der Waals surface area contributed by atoms with Crippen LogP contribution in [-0.2, 0) is 4.79 Å². The second-order valence-corrected chi connectivity index (χ2v) is 5.25. The minimum absolute atomic E-state index is 0.472. The molecule has 5 heteroatoms. The maximum absolute atomic E-state index is 11.1. The lowest BCUT2D eigenvalue weighted by Crippen LogP contribution is -2.14. The molecule has 0 fully saturated rings. The van der Waals surface area contributed by atoms with Gasteiger partial charge in [-0.2, -0.15) is 0 Å². The highest BCUT2D eigenvalue weighted by atomic mass is 32.2. The first-order valence-corrected chi connectivity index (χ1v) is 6.86. The minimum Gasteiger partial charge on any atom is -0.497 e. The number of fused-ring (bicyclic) bond motifs is 1. The van der Waals surface area contributed by atoms with E-state index in [-0.39, 0.29) is 0 Å². The summed E-state index contributed by atoms with van der Waals surface area (Å²) < 4.78 is 5.18. The van der Waals surface area contributed by atoms with E-state index in [4.69, 9.17) is 9.84 Å². The van der Waals surface area contributed by atoms with Crippen LogP contribution >= 0.6 is 11.8 Å². The first-order valence-electron chi connectivity index (χ1n) is 5.98. The molecule has 0 saturated heterocycles. The van der Waals surface area contributed by atoms with Crippen molar-refractivity contribution in [3.63, 3.8) is 0 Å². The molecule has 0 spiro atoms. The molecule has 1 unspecified atom stereocenters. The van der Waals surface area contributed by atoms with Crippen molar-refractivity contribution in [1.29, 1.82) is 0 Å². The van der Waals surface area contributed by atoms with Gasteiger partial charge in [0, 0.05) is 11.6 Å². The fourth-order valence-electron chi connectivity index (χ4n) is 1.79. The number of carbonyl (C=O) groups is 1. The second-order valence-electron chi connectivity index (χ2n) is 4.06. The van der Waals surface area contributed by atoms with Crippen LogP contribution in [0.15, 0.2) is 35.5 Å². The van der Waals surface area contributed by atoms with Crippen LogP contribution < -0.4 is 4.74 Å². The zero-order valence-electron chi connectivity index (χ0n) is 10.8. The molecule has 100 valence electrons. The van der Waals surface area contributed by atoms with E-state index in [0.29, 0.717) is 6.42 Å². The molecule has 0 radical (unpaired) electrons. The molecule has 0 bridgehead atoms. The molecule has 0 saturated carbocycles. The first-order chi connectivity index (χ1) is 9.15. The zero-order valence-corrected chi connectivity index (χ0v) is 11.6. The van der Waals surface area contributed by atoms with Crippen LogP contribution in [0.3, 0.4) is 0 Å². The van der Waals surface area contributed by atoms with Crippen LogP contribution in [0.25, 0.3) is 10.8 Å². The normalized spacial score (nSPS) is 12.3. The van der Waals surface area contributed by atoms with Crippen molar-refractivity contribution in [2.45, 2.75) is 23.6 Å². The summed E-state index contributed by atoms with van der Waals surface area (Å²) in [7, 11) is 1.62. The van der Waals surface area contributed by atoms with Crippen molar-refractivity contribution in [3.8, 4) is 5.75 Å². The summed E-state index contributed by atoms with van der Waals surface area (Å²) in [5, 5.41) is 11.3. The molecule has 1 N–H and O–H groups in total. The summed E-state index contributed by atoms with van der Waals surface area (Å²) in [6.45, 7) is 1.86. The number of hydrogen-bond acceptors (Lipinski definition) is 4. The van der Waals surface area contributed by atoms with E-state index in [0.717, 1.165) is 21.5 Å². The molecule has 1 aromatic heterocycles. The Balaban J connectivity index is 2.41. The number of hydrogen-bond donors (Lipinski definition) is 1. The monoisotopic (exact) mass is 277 g/mol. The molecule has 1 atom stereocenters. The van der Waals surface area contributed by atoms with Crippen LogP contribution in [0.2, 0.25) is 0 Å². The molecule has 0 aliphatic carbocycles. The van der Waals surface area contributed by atoms with Gasteiger partial charge in [0.15, 0.2) is 0 Å². The van der Waals surface area contributed by atoms with Gasteiger partial charge in [0.2, 0.25) is 0 Å². The Bertz CT molecular complexity index is 600. The molecule has 4 nitrogen and oxygen atoms in total. The quantitative estimate of drug-likeness (QED) is 0.850. The Kier molecular flexibility index (Phi) is 4.27. The van der Waals surface area contributed by atoms with E-state index in [2.05, 4.69) is 4.98 Å². The molecular weight excluding hydrogens is 262 g/mol. The number of nitrogens with zero attached hydrogens (tertiary/aromatic N) is 1. The Morgan fingerprint density at radius 1 is 1.47 bits per heavy atom. The van der Waals surface area contributed by atoms with Crippen LogP contribution in [0, 0.1) is 0 Å². The van der Waals surface area contributed by atoms with Crippen molar-refractivity contribution in [1.82, 2.24) is 4.98 Å². The lowest BCUT2D eigenvalue weighted by molar-refractivity contribution is -0.136. The topological polar surface area (TPSA) is 59.4 Å². The summed E-state index contributed by atoms with van der Waals surface area (Å²) in [5.74, 6) is -0.0280. The number of ether oxygens (including phenoxy) is 1. The van der Waals surface area contributed by atoms with Gasteiger partial charge in [0.1, 0.15) is 16.0 Å². The Hall–Kier alpha value is -1.75. The predicted octanol–water partition coefficient (Wildman–Crippen LogP) is 3.20. The van der Waals surface area contributed by atoms with E-state index in [1.54, 1.807) is 13.3 Å². The van der Waals surface area contributed by atoms with Crippen LogP contribution in [0.5, 0.6) is 5.75 Å². The second kappa shape index (κ2) is 5.93. The SMILES string of the molecule is CCC(Sc1nccc2cc(OC)ccc12)C(=O)O. The summed E-state index contributed by atoms with van der Waals surface area (Å²) in [6, 6.07) is 7.58. The van der Waals surface area contributed by atoms with Gasteiger partial charge in [0.25, 0.3) is 0 Å². The molecule has 2 aromatic rings. The van der Waals surface area contributed by atoms with Crippen LogP contribution in [0.4, 0.5) is 0 Å². The maximum atomic E-state index is 11.1. The average molecular weight is 277 g/mol. The Morgan fingerprint density at radius 2 is 2.26 bits per heavy atom. The number of methoxy groups -OCH3 is 1. The van der Waals surface area contributed by atoms with Gasteiger partial charge in [-0.25, -0.2) is 4.98 Å². The smallest absolute Gasteiger partial charge is 0.317 e. The maximum Gasteiger partial charge on any atom is 0.317 e. The third kappa shape index (κ3) is 2.98. The summed E-state index contributed by atoms with van der Waals surface area (Å²) in [4.78, 5) is 15.4. The molecule has 0 aliphatic heterocycles. The highest BCUT2D eigenvalue weighted by Gasteiger charge is 2.18. The molecule has 0 amide bonds. The van der Waals surface area contributed by atoms with E-state index in [1.165, 1.54) is 11.8 Å². The number of aromatic nitrogens is 1. The predicted molar refractivity (Wildman–Crippen MR) is 75.9 cm³/mol. The minimum atomic E-state index is -0.806. The highest BCUT2D eigenvalue weighted by Crippen LogP contribution is 2.31. The third-order valence-corrected chi connectivity index (χ3v) is 4.20. The highest BCUT2D eigenvalue weighted by molar-refractivity contribution is 8.00. The number of carboxylic acid groups (broad SMARTS) is 1. The van der Waals surface area contributed by atoms with Gasteiger partial charge in [-0.1, -0.05) is 18.7 Å². The van der Waals surface area contributed by atoms with Gasteiger partial charge in [0.05, 0.1) is 7.11 Å². The Morgan fingerprint density at radius 3 is 2.89 bits per heavy atom. The van der Waals surface area contributed by atoms with E-state index in [1.807, 2.05) is 31.2 Å². The van der Waals surface area contributed by atoms with Crippen LogP contribution in [-0.4, -0.2) is 28.4 Å². The summed E-state index contributed by atoms with van der Waals surface area (Å²) in [5.41, 5.74) is 0. The van der Waals surface area contributed by atoms with Crippen LogP contribution in [0.1, 0.15) is 13.3 Å². The number of benzene rings is 1. The molecule has 1 heterocycles. The molecule has 2 rings (SSSR count). The van der Waals surface area contributed by atoms with Crippen molar-refractivity contribution < 1.29 is 14.6 Å². The van der Waals surface area contributed by atoms with Gasteiger partial charge in [-0.3, -0.25) is 4.79 Å². The number of thioether (sulfide) groups is 1. The number of aliphatic carboxylic acids is 1. The number of rotatable bonds is 5. The molecule has 0 aliphatic rings. The van der Waals surface area contributed by atoms with Gasteiger partial charge >= 0.3 is 5.97 Å². The van der Waals surface area contributed by atoms with Gasteiger partial charge < -0.3 is 9.84 Å². The summed E-state index contributed by atoms with van der Waals surface area (Å²) in [6.07, 6.45) is 2.26. The fourth-order valence-corrected chi connectivity index (χ4v) is 2.76. The fraction of sp³-hybridized carbons (Fsp3) is 0.286. The number of pyridine rings is 1.